The van der Waals surface area contributed by atoms with Crippen LogP contribution in [-0.4, -0.2) is 32.7 Å². The predicted molar refractivity (Wildman–Crippen MR) is 95.8 cm³/mol. The fourth-order valence-electron chi connectivity index (χ4n) is 3.20. The van der Waals surface area contributed by atoms with Crippen molar-refractivity contribution in [2.24, 2.45) is 0 Å². The molecule has 3 unspecified atom stereocenters. The molecule has 1 saturated heterocycles. The predicted octanol–water partition coefficient (Wildman–Crippen LogP) is 3.23. The van der Waals surface area contributed by atoms with Crippen LogP contribution in [0, 0.1) is 0 Å². The molecule has 0 saturated carbocycles. The molecule has 1 N–H and O–H groups in total. The van der Waals surface area contributed by atoms with E-state index in [1.54, 1.807) is 6.26 Å². The van der Waals surface area contributed by atoms with Gasteiger partial charge in [-0.2, -0.15) is 0 Å². The van der Waals surface area contributed by atoms with Gasteiger partial charge in [-0.1, -0.05) is 18.2 Å². The topological polar surface area (TPSA) is 58.1 Å². The summed E-state index contributed by atoms with van der Waals surface area (Å²) in [7, 11) is -1.12. The van der Waals surface area contributed by atoms with Gasteiger partial charge < -0.3 is 9.62 Å². The quantitative estimate of drug-likeness (QED) is 0.935. The van der Waals surface area contributed by atoms with E-state index in [0.717, 1.165) is 22.8 Å². The second-order valence-electron chi connectivity index (χ2n) is 6.06. The minimum absolute atomic E-state index is 0.501. The van der Waals surface area contributed by atoms with Crippen molar-refractivity contribution in [1.29, 1.82) is 0 Å². The lowest BCUT2D eigenvalue weighted by Crippen LogP contribution is -2.33. The summed E-state index contributed by atoms with van der Waals surface area (Å²) in [4.78, 5) is 2.34. The Labute approximate surface area is 139 Å². The van der Waals surface area contributed by atoms with Gasteiger partial charge in [0.15, 0.2) is 5.82 Å². The summed E-state index contributed by atoms with van der Waals surface area (Å²) in [6, 6.07) is 12.7. The zero-order valence-electron chi connectivity index (χ0n) is 13.7. The Kier molecular flexibility index (Phi) is 4.61. The van der Waals surface area contributed by atoms with Gasteiger partial charge >= 0.3 is 0 Å². The largest absolute Gasteiger partial charge is 0.350 e. The van der Waals surface area contributed by atoms with Gasteiger partial charge in [-0.15, -0.1) is 10.2 Å². The van der Waals surface area contributed by atoms with Gasteiger partial charge in [0.05, 0.1) is 11.4 Å². The van der Waals surface area contributed by atoms with E-state index in [1.165, 1.54) is 12.8 Å². The summed E-state index contributed by atoms with van der Waals surface area (Å²) in [6.45, 7) is 4.46. The van der Waals surface area contributed by atoms with Crippen molar-refractivity contribution in [2.75, 3.05) is 15.9 Å². The number of rotatable bonds is 4. The molecule has 2 heterocycles. The highest BCUT2D eigenvalue weighted by Crippen LogP contribution is 2.30. The second kappa shape index (κ2) is 6.66. The molecule has 6 heteroatoms. The van der Waals surface area contributed by atoms with Gasteiger partial charge in [-0.05, 0) is 44.9 Å². The van der Waals surface area contributed by atoms with Crippen molar-refractivity contribution >= 4 is 22.5 Å². The Hall–Kier alpha value is -1.95. The Bertz CT molecular complexity index is 694. The van der Waals surface area contributed by atoms with E-state index in [-0.39, 0.29) is 0 Å². The summed E-state index contributed by atoms with van der Waals surface area (Å²) in [5.41, 5.74) is 2.49. The molecule has 3 rings (SSSR count). The van der Waals surface area contributed by atoms with E-state index in [0.29, 0.717) is 12.1 Å². The van der Waals surface area contributed by atoms with Crippen LogP contribution in [0.5, 0.6) is 0 Å². The van der Waals surface area contributed by atoms with Gasteiger partial charge in [0.25, 0.3) is 0 Å². The highest BCUT2D eigenvalue weighted by atomic mass is 32.2. The fourth-order valence-corrected chi connectivity index (χ4v) is 3.69. The summed E-state index contributed by atoms with van der Waals surface area (Å²) in [6.07, 6.45) is 4.00. The molecule has 0 spiro atoms. The van der Waals surface area contributed by atoms with Crippen LogP contribution in [0.1, 0.15) is 26.7 Å². The number of nitrogens with one attached hydrogen (secondary N) is 1. The molecule has 1 aliphatic rings. The summed E-state index contributed by atoms with van der Waals surface area (Å²) < 4.78 is 14.4. The van der Waals surface area contributed by atoms with E-state index < -0.39 is 11.0 Å². The van der Waals surface area contributed by atoms with Crippen molar-refractivity contribution in [3.63, 3.8) is 0 Å². The first-order valence-electron chi connectivity index (χ1n) is 7.88. The van der Waals surface area contributed by atoms with E-state index in [1.807, 2.05) is 36.4 Å². The average molecular weight is 330 g/mol. The van der Waals surface area contributed by atoms with E-state index in [4.69, 9.17) is 0 Å². The maximum atomic E-state index is 11.5. The average Bonchev–Trinajstić information content (AvgIpc) is 2.87. The highest BCUT2D eigenvalue weighted by molar-refractivity contribution is 7.85. The summed E-state index contributed by atoms with van der Waals surface area (Å²) >= 11 is 0. The molecular formula is C17H22N4OS. The van der Waals surface area contributed by atoms with Crippen LogP contribution >= 0.6 is 0 Å². The molecule has 1 fully saturated rings. The molecular weight excluding hydrogens is 308 g/mol. The van der Waals surface area contributed by atoms with Crippen molar-refractivity contribution in [3.8, 4) is 11.3 Å². The summed E-state index contributed by atoms with van der Waals surface area (Å²) in [5, 5.41) is 8.83. The van der Waals surface area contributed by atoms with Gasteiger partial charge in [-0.3, -0.25) is 0 Å². The van der Waals surface area contributed by atoms with Gasteiger partial charge in [0.2, 0.25) is 0 Å². The molecule has 0 bridgehead atoms. The molecule has 0 aliphatic carbocycles. The van der Waals surface area contributed by atoms with Crippen molar-refractivity contribution in [1.82, 2.24) is 10.2 Å². The van der Waals surface area contributed by atoms with Crippen molar-refractivity contribution in [2.45, 2.75) is 38.8 Å². The third-order valence-corrected chi connectivity index (χ3v) is 4.83. The first kappa shape index (κ1) is 15.9. The molecule has 23 heavy (non-hydrogen) atoms. The summed E-state index contributed by atoms with van der Waals surface area (Å²) in [5.74, 6) is 0.927. The number of nitrogens with zero attached hydrogens (tertiary/aromatic N) is 3. The first-order valence-corrected chi connectivity index (χ1v) is 9.43. The van der Waals surface area contributed by atoms with Crippen LogP contribution in [0.2, 0.25) is 0 Å². The van der Waals surface area contributed by atoms with Crippen LogP contribution in [0.15, 0.2) is 36.4 Å². The molecule has 1 aromatic heterocycles. The molecule has 0 amide bonds. The number of anilines is 2. The molecule has 1 aromatic carbocycles. The SMILES string of the molecule is CC1CCC(C)N1c1ccc(-c2ccccc2NS(C)=O)nn1. The minimum atomic E-state index is -1.12. The number of benzene rings is 1. The normalized spacial score (nSPS) is 22.1. The Morgan fingerprint density at radius 1 is 1.09 bits per heavy atom. The van der Waals surface area contributed by atoms with Gasteiger partial charge in [0.1, 0.15) is 11.0 Å². The number of para-hydroxylation sites is 1. The lowest BCUT2D eigenvalue weighted by atomic mass is 10.1. The molecule has 1 aliphatic heterocycles. The fraction of sp³-hybridized carbons (Fsp3) is 0.412. The van der Waals surface area contributed by atoms with Crippen LogP contribution in [-0.2, 0) is 11.0 Å². The van der Waals surface area contributed by atoms with Crippen LogP contribution < -0.4 is 9.62 Å². The van der Waals surface area contributed by atoms with Crippen molar-refractivity contribution in [3.05, 3.63) is 36.4 Å². The number of aromatic nitrogens is 2. The lowest BCUT2D eigenvalue weighted by Gasteiger charge is -2.26. The Balaban J connectivity index is 1.90. The van der Waals surface area contributed by atoms with Gasteiger partial charge in [0, 0.05) is 23.9 Å². The van der Waals surface area contributed by atoms with Crippen LogP contribution in [0.25, 0.3) is 11.3 Å². The number of hydrogen-bond acceptors (Lipinski definition) is 4. The highest BCUT2D eigenvalue weighted by Gasteiger charge is 2.28. The van der Waals surface area contributed by atoms with Crippen LogP contribution in [0.4, 0.5) is 11.5 Å². The van der Waals surface area contributed by atoms with E-state index >= 15 is 0 Å². The van der Waals surface area contributed by atoms with Crippen LogP contribution in [0.3, 0.4) is 0 Å². The van der Waals surface area contributed by atoms with E-state index in [2.05, 4.69) is 33.7 Å². The molecule has 122 valence electrons. The maximum absolute atomic E-state index is 11.5. The zero-order chi connectivity index (χ0) is 16.4. The maximum Gasteiger partial charge on any atom is 0.151 e. The molecule has 3 atom stereocenters. The third kappa shape index (κ3) is 3.37. The first-order chi connectivity index (χ1) is 11.1. The Morgan fingerprint density at radius 2 is 1.78 bits per heavy atom. The van der Waals surface area contributed by atoms with Crippen molar-refractivity contribution < 1.29 is 4.21 Å². The second-order valence-corrected chi connectivity index (χ2v) is 7.17. The standard InChI is InChI=1S/C17H22N4OS/c1-12-8-9-13(2)21(12)17-11-10-15(18-19-17)14-6-4-5-7-16(14)20-23(3)22/h4-7,10-13,20H,8-9H2,1-3H3. The molecule has 2 aromatic rings. The zero-order valence-corrected chi connectivity index (χ0v) is 14.5. The smallest absolute Gasteiger partial charge is 0.151 e. The van der Waals surface area contributed by atoms with E-state index in [9.17, 15) is 4.21 Å². The lowest BCUT2D eigenvalue weighted by molar-refractivity contribution is 0.676. The third-order valence-electron chi connectivity index (χ3n) is 4.32. The minimum Gasteiger partial charge on any atom is -0.350 e. The monoisotopic (exact) mass is 330 g/mol. The number of hydrogen-bond donors (Lipinski definition) is 1. The molecule has 0 radical (unpaired) electrons. The van der Waals surface area contributed by atoms with Gasteiger partial charge in [-0.25, -0.2) is 4.21 Å². The Morgan fingerprint density at radius 3 is 2.39 bits per heavy atom. The molecule has 5 nitrogen and oxygen atoms in total.